The minimum absolute atomic E-state index is 0.0303. The van der Waals surface area contributed by atoms with E-state index in [1.165, 1.54) is 12.1 Å². The van der Waals surface area contributed by atoms with Crippen LogP contribution in [0.25, 0.3) is 10.8 Å². The Morgan fingerprint density at radius 1 is 1.25 bits per heavy atom. The van der Waals surface area contributed by atoms with E-state index in [-0.39, 0.29) is 11.3 Å². The van der Waals surface area contributed by atoms with Crippen LogP contribution in [0.4, 0.5) is 5.69 Å². The van der Waals surface area contributed by atoms with Gasteiger partial charge < -0.3 is 0 Å². The van der Waals surface area contributed by atoms with Crippen molar-refractivity contribution in [3.8, 4) is 0 Å². The summed E-state index contributed by atoms with van der Waals surface area (Å²) in [4.78, 5) is 21.3. The molecule has 2 aromatic carbocycles. The molecule has 0 aliphatic heterocycles. The van der Waals surface area contributed by atoms with Crippen molar-refractivity contribution in [3.63, 3.8) is 0 Å². The van der Waals surface area contributed by atoms with Crippen LogP contribution in [0.2, 0.25) is 0 Å². The molecule has 5 heteroatoms. The van der Waals surface area contributed by atoms with E-state index in [1.807, 2.05) is 0 Å². The zero-order valence-corrected chi connectivity index (χ0v) is 8.77. The Morgan fingerprint density at radius 2 is 2.00 bits per heavy atom. The largest absolute Gasteiger partial charge is 0.277 e. The lowest BCUT2D eigenvalue weighted by Crippen LogP contribution is -1.92. The third-order valence-electron chi connectivity index (χ3n) is 2.28. The Morgan fingerprint density at radius 3 is 2.62 bits per heavy atom. The van der Waals surface area contributed by atoms with E-state index in [4.69, 9.17) is 11.6 Å². The van der Waals surface area contributed by atoms with Gasteiger partial charge in [-0.15, -0.1) is 0 Å². The molecule has 0 bridgehead atoms. The molecule has 0 N–H and O–H groups in total. The van der Waals surface area contributed by atoms with E-state index in [9.17, 15) is 14.9 Å². The molecule has 16 heavy (non-hydrogen) atoms. The van der Waals surface area contributed by atoms with Crippen LogP contribution >= 0.6 is 11.6 Å². The predicted molar refractivity (Wildman–Crippen MR) is 60.8 cm³/mol. The number of rotatable bonds is 2. The summed E-state index contributed by atoms with van der Waals surface area (Å²) in [5.41, 5.74) is 0.223. The third-order valence-corrected chi connectivity index (χ3v) is 2.50. The SMILES string of the molecule is O=C(Cl)c1ccc2cccc([N+](=O)[O-])c2c1. The van der Waals surface area contributed by atoms with Crippen LogP contribution < -0.4 is 0 Å². The van der Waals surface area contributed by atoms with Gasteiger partial charge in [-0.1, -0.05) is 18.2 Å². The first-order valence-corrected chi connectivity index (χ1v) is 4.84. The van der Waals surface area contributed by atoms with Crippen molar-refractivity contribution in [1.29, 1.82) is 0 Å². The van der Waals surface area contributed by atoms with Gasteiger partial charge in [0.05, 0.1) is 10.3 Å². The second-order valence-electron chi connectivity index (χ2n) is 3.24. The Labute approximate surface area is 95.6 Å². The molecule has 0 saturated carbocycles. The van der Waals surface area contributed by atoms with E-state index in [0.717, 1.165) is 0 Å². The highest BCUT2D eigenvalue weighted by molar-refractivity contribution is 6.67. The average molecular weight is 236 g/mol. The molecule has 80 valence electrons. The van der Waals surface area contributed by atoms with Crippen LogP contribution in [0.1, 0.15) is 10.4 Å². The van der Waals surface area contributed by atoms with Gasteiger partial charge in [-0.2, -0.15) is 0 Å². The standard InChI is InChI=1S/C11H6ClNO3/c12-11(14)8-5-4-7-2-1-3-10(13(15)16)9(7)6-8/h1-6H. The molecule has 2 aromatic rings. The fourth-order valence-corrected chi connectivity index (χ4v) is 1.66. The molecule has 0 aromatic heterocycles. The molecule has 0 spiro atoms. The van der Waals surface area contributed by atoms with Gasteiger partial charge in [0.25, 0.3) is 10.9 Å². The van der Waals surface area contributed by atoms with Gasteiger partial charge in [-0.05, 0) is 29.1 Å². The average Bonchev–Trinajstić information content (AvgIpc) is 2.27. The highest BCUT2D eigenvalue weighted by Gasteiger charge is 2.12. The minimum Gasteiger partial charge on any atom is -0.276 e. The van der Waals surface area contributed by atoms with Crippen molar-refractivity contribution in [2.24, 2.45) is 0 Å². The number of carbonyl (C=O) groups is 1. The predicted octanol–water partition coefficient (Wildman–Crippen LogP) is 3.13. The Bertz CT molecular complexity index is 595. The Kier molecular flexibility index (Phi) is 2.58. The summed E-state index contributed by atoms with van der Waals surface area (Å²) in [6, 6.07) is 9.35. The van der Waals surface area contributed by atoms with E-state index in [1.54, 1.807) is 24.3 Å². The van der Waals surface area contributed by atoms with Gasteiger partial charge in [0.2, 0.25) is 0 Å². The Balaban J connectivity index is 2.78. The summed E-state index contributed by atoms with van der Waals surface area (Å²) >= 11 is 5.33. The first-order chi connectivity index (χ1) is 7.59. The number of hydrogen-bond donors (Lipinski definition) is 0. The second kappa shape index (κ2) is 3.90. The number of halogens is 1. The molecule has 0 aliphatic carbocycles. The number of non-ortho nitro benzene ring substituents is 1. The molecule has 0 atom stereocenters. The number of fused-ring (bicyclic) bond motifs is 1. The molecule has 0 saturated heterocycles. The van der Waals surface area contributed by atoms with Gasteiger partial charge in [0.15, 0.2) is 0 Å². The number of benzene rings is 2. The zero-order chi connectivity index (χ0) is 11.7. The lowest BCUT2D eigenvalue weighted by atomic mass is 10.1. The zero-order valence-electron chi connectivity index (χ0n) is 8.01. The van der Waals surface area contributed by atoms with Gasteiger partial charge >= 0.3 is 0 Å². The van der Waals surface area contributed by atoms with Crippen molar-refractivity contribution in [2.45, 2.75) is 0 Å². The van der Waals surface area contributed by atoms with Gasteiger partial charge in [0, 0.05) is 11.6 Å². The second-order valence-corrected chi connectivity index (χ2v) is 3.59. The molecule has 2 rings (SSSR count). The summed E-state index contributed by atoms with van der Waals surface area (Å²) in [6.45, 7) is 0. The first kappa shape index (κ1) is 10.6. The highest BCUT2D eigenvalue weighted by atomic mass is 35.5. The van der Waals surface area contributed by atoms with E-state index < -0.39 is 10.2 Å². The molecule has 0 radical (unpaired) electrons. The maximum absolute atomic E-state index is 11.0. The fraction of sp³-hybridized carbons (Fsp3) is 0. The van der Waals surface area contributed by atoms with Gasteiger partial charge in [-0.3, -0.25) is 14.9 Å². The molecule has 0 unspecified atom stereocenters. The van der Waals surface area contributed by atoms with Crippen LogP contribution in [-0.4, -0.2) is 10.2 Å². The molecule has 0 heterocycles. The van der Waals surface area contributed by atoms with Crippen molar-refractivity contribution < 1.29 is 9.72 Å². The van der Waals surface area contributed by atoms with Crippen LogP contribution in [0, 0.1) is 10.1 Å². The van der Waals surface area contributed by atoms with Crippen LogP contribution in [-0.2, 0) is 0 Å². The smallest absolute Gasteiger partial charge is 0.276 e. The number of hydrogen-bond acceptors (Lipinski definition) is 3. The summed E-state index contributed by atoms with van der Waals surface area (Å²) in [6.07, 6.45) is 0. The maximum Gasteiger partial charge on any atom is 0.277 e. The third kappa shape index (κ3) is 1.75. The van der Waals surface area contributed by atoms with Crippen molar-refractivity contribution >= 4 is 33.3 Å². The summed E-state index contributed by atoms with van der Waals surface area (Å²) in [5.74, 6) is 0. The van der Waals surface area contributed by atoms with E-state index >= 15 is 0 Å². The van der Waals surface area contributed by atoms with Crippen LogP contribution in [0.5, 0.6) is 0 Å². The van der Waals surface area contributed by atoms with Crippen LogP contribution in [0.3, 0.4) is 0 Å². The lowest BCUT2D eigenvalue weighted by molar-refractivity contribution is -0.383. The summed E-state index contributed by atoms with van der Waals surface area (Å²) in [5, 5.41) is 11.3. The minimum atomic E-state index is -0.625. The quantitative estimate of drug-likeness (QED) is 0.456. The highest BCUT2D eigenvalue weighted by Crippen LogP contribution is 2.26. The lowest BCUT2D eigenvalue weighted by Gasteiger charge is -2.00. The normalized spacial score (nSPS) is 10.3. The van der Waals surface area contributed by atoms with Gasteiger partial charge in [0.1, 0.15) is 0 Å². The van der Waals surface area contributed by atoms with Crippen molar-refractivity contribution in [3.05, 3.63) is 52.1 Å². The van der Waals surface area contributed by atoms with E-state index in [2.05, 4.69) is 0 Å². The molecular weight excluding hydrogens is 230 g/mol. The van der Waals surface area contributed by atoms with Crippen molar-refractivity contribution in [2.75, 3.05) is 0 Å². The monoisotopic (exact) mass is 235 g/mol. The van der Waals surface area contributed by atoms with Crippen LogP contribution in [0.15, 0.2) is 36.4 Å². The molecule has 4 nitrogen and oxygen atoms in total. The molecule has 0 aliphatic rings. The van der Waals surface area contributed by atoms with E-state index in [0.29, 0.717) is 10.8 Å². The summed E-state index contributed by atoms with van der Waals surface area (Å²) < 4.78 is 0. The van der Waals surface area contributed by atoms with Gasteiger partial charge in [-0.25, -0.2) is 0 Å². The number of carbonyl (C=O) groups excluding carboxylic acids is 1. The molecule has 0 fully saturated rings. The summed E-state index contributed by atoms with van der Waals surface area (Å²) in [7, 11) is 0. The first-order valence-electron chi connectivity index (χ1n) is 4.46. The topological polar surface area (TPSA) is 60.2 Å². The number of nitro benzene ring substituents is 1. The number of nitro groups is 1. The molecular formula is C11H6ClNO3. The fourth-order valence-electron chi connectivity index (χ4n) is 1.54. The maximum atomic E-state index is 11.0. The van der Waals surface area contributed by atoms with Crippen molar-refractivity contribution in [1.82, 2.24) is 0 Å². The number of nitrogens with zero attached hydrogens (tertiary/aromatic N) is 1. The Hall–Kier alpha value is -1.94. The molecule has 0 amide bonds.